The highest BCUT2D eigenvalue weighted by Crippen LogP contribution is 2.29. The molecule has 2 aromatic carbocycles. The minimum Gasteiger partial charge on any atom is -0.330 e. The molecule has 0 saturated heterocycles. The maximum absolute atomic E-state index is 12.1. The number of anilines is 3. The van der Waals surface area contributed by atoms with Crippen molar-refractivity contribution < 1.29 is 13.2 Å². The maximum atomic E-state index is 12.1. The molecular formula is C18H19N5O3S3. The maximum Gasteiger partial charge on any atom is 0.238 e. The molecule has 0 atom stereocenters. The number of benzene rings is 2. The summed E-state index contributed by atoms with van der Waals surface area (Å²) in [5.41, 5.74) is 3.78. The fourth-order valence-electron chi connectivity index (χ4n) is 2.37. The summed E-state index contributed by atoms with van der Waals surface area (Å²) < 4.78 is 23.2. The van der Waals surface area contributed by atoms with Crippen molar-refractivity contribution in [1.29, 1.82) is 0 Å². The van der Waals surface area contributed by atoms with Crippen LogP contribution in [0.25, 0.3) is 0 Å². The predicted octanol–water partition coefficient (Wildman–Crippen LogP) is 3.28. The molecule has 1 amide bonds. The van der Waals surface area contributed by atoms with E-state index in [1.807, 2.05) is 32.0 Å². The fourth-order valence-corrected chi connectivity index (χ4v) is 4.45. The number of rotatable bonds is 7. The molecule has 0 radical (unpaired) electrons. The molecule has 11 heteroatoms. The summed E-state index contributed by atoms with van der Waals surface area (Å²) >= 11 is 2.64. The lowest BCUT2D eigenvalue weighted by Gasteiger charge is -2.08. The van der Waals surface area contributed by atoms with Crippen LogP contribution in [0.2, 0.25) is 0 Å². The normalized spacial score (nSPS) is 11.3. The van der Waals surface area contributed by atoms with Gasteiger partial charge in [0.05, 0.1) is 10.6 Å². The first-order valence-electron chi connectivity index (χ1n) is 8.44. The summed E-state index contributed by atoms with van der Waals surface area (Å²) in [5.74, 6) is -0.0905. The molecule has 1 heterocycles. The fraction of sp³-hybridized carbons (Fsp3) is 0.167. The Balaban J connectivity index is 1.54. The second kappa shape index (κ2) is 8.91. The van der Waals surface area contributed by atoms with Crippen LogP contribution in [0.4, 0.5) is 16.5 Å². The van der Waals surface area contributed by atoms with E-state index in [9.17, 15) is 13.2 Å². The van der Waals surface area contributed by atoms with E-state index in [1.165, 1.54) is 52.9 Å². The topological polar surface area (TPSA) is 127 Å². The predicted molar refractivity (Wildman–Crippen MR) is 116 cm³/mol. The van der Waals surface area contributed by atoms with Crippen molar-refractivity contribution >= 4 is 55.5 Å². The Bertz CT molecular complexity index is 1130. The van der Waals surface area contributed by atoms with E-state index < -0.39 is 10.0 Å². The molecule has 1 aromatic heterocycles. The highest BCUT2D eigenvalue weighted by atomic mass is 32.2. The number of carbonyl (C=O) groups excluding carboxylic acids is 1. The third-order valence-corrected chi connectivity index (χ3v) is 6.95. The van der Waals surface area contributed by atoms with Gasteiger partial charge in [0, 0.05) is 11.4 Å². The lowest BCUT2D eigenvalue weighted by Crippen LogP contribution is -2.15. The lowest BCUT2D eigenvalue weighted by atomic mass is 10.1. The number of nitrogens with two attached hydrogens (primary N) is 1. The lowest BCUT2D eigenvalue weighted by molar-refractivity contribution is -0.113. The van der Waals surface area contributed by atoms with Crippen LogP contribution in [0.1, 0.15) is 11.1 Å². The molecule has 152 valence electrons. The van der Waals surface area contributed by atoms with E-state index in [2.05, 4.69) is 20.8 Å². The van der Waals surface area contributed by atoms with Gasteiger partial charge < -0.3 is 10.6 Å². The van der Waals surface area contributed by atoms with E-state index >= 15 is 0 Å². The standard InChI is InChI=1S/C18H19N5O3S3/c1-11-4-3-5-15(12(11)2)21-17-22-23-18(28-17)27-10-16(24)20-13-6-8-14(9-7-13)29(19,25)26/h3-9H,10H2,1-2H3,(H,20,24)(H,21,22)(H2,19,25,26). The SMILES string of the molecule is Cc1cccc(Nc2nnc(SCC(=O)Nc3ccc(S(N)(=O)=O)cc3)s2)c1C. The van der Waals surface area contributed by atoms with Crippen LogP contribution in [0, 0.1) is 13.8 Å². The average molecular weight is 450 g/mol. The van der Waals surface area contributed by atoms with Crippen LogP contribution in [0.3, 0.4) is 0 Å². The molecule has 0 aliphatic carbocycles. The number of primary sulfonamides is 1. The summed E-state index contributed by atoms with van der Waals surface area (Å²) in [4.78, 5) is 12.1. The van der Waals surface area contributed by atoms with E-state index in [0.717, 1.165) is 11.3 Å². The molecule has 3 aromatic rings. The highest BCUT2D eigenvalue weighted by Gasteiger charge is 2.11. The monoisotopic (exact) mass is 449 g/mol. The molecule has 0 spiro atoms. The van der Waals surface area contributed by atoms with Crippen LogP contribution >= 0.6 is 23.1 Å². The Morgan fingerprint density at radius 2 is 1.86 bits per heavy atom. The van der Waals surface area contributed by atoms with Gasteiger partial charge >= 0.3 is 0 Å². The molecule has 8 nitrogen and oxygen atoms in total. The summed E-state index contributed by atoms with van der Waals surface area (Å²) in [6, 6.07) is 11.6. The van der Waals surface area contributed by atoms with Crippen molar-refractivity contribution in [2.45, 2.75) is 23.1 Å². The largest absolute Gasteiger partial charge is 0.330 e. The summed E-state index contributed by atoms with van der Waals surface area (Å²) in [6.07, 6.45) is 0. The van der Waals surface area contributed by atoms with Gasteiger partial charge in [-0.2, -0.15) is 0 Å². The Labute approximate surface area is 177 Å². The highest BCUT2D eigenvalue weighted by molar-refractivity contribution is 8.01. The minimum absolute atomic E-state index is 0.0115. The molecule has 4 N–H and O–H groups in total. The Morgan fingerprint density at radius 1 is 1.14 bits per heavy atom. The number of aryl methyl sites for hydroxylation is 1. The van der Waals surface area contributed by atoms with Crippen LogP contribution in [-0.2, 0) is 14.8 Å². The first-order valence-corrected chi connectivity index (χ1v) is 11.8. The zero-order chi connectivity index (χ0) is 21.0. The summed E-state index contributed by atoms with van der Waals surface area (Å²) in [5, 5.41) is 19.9. The number of nitrogens with zero attached hydrogens (tertiary/aromatic N) is 2. The number of hydrogen-bond acceptors (Lipinski definition) is 8. The van der Waals surface area contributed by atoms with Gasteiger partial charge in [0.2, 0.25) is 21.1 Å². The quantitative estimate of drug-likeness (QED) is 0.472. The number of amides is 1. The van der Waals surface area contributed by atoms with Crippen molar-refractivity contribution in [3.8, 4) is 0 Å². The molecule has 0 bridgehead atoms. The van der Waals surface area contributed by atoms with Crippen molar-refractivity contribution in [3.05, 3.63) is 53.6 Å². The number of carbonyl (C=O) groups is 1. The van der Waals surface area contributed by atoms with Crippen molar-refractivity contribution in [2.75, 3.05) is 16.4 Å². The first-order chi connectivity index (χ1) is 13.7. The minimum atomic E-state index is -3.76. The smallest absolute Gasteiger partial charge is 0.238 e. The Hall–Kier alpha value is -2.47. The number of thioether (sulfide) groups is 1. The van der Waals surface area contributed by atoms with Crippen molar-refractivity contribution in [3.63, 3.8) is 0 Å². The van der Waals surface area contributed by atoms with Gasteiger partial charge in [-0.05, 0) is 55.3 Å². The van der Waals surface area contributed by atoms with Crippen LogP contribution in [-0.4, -0.2) is 30.3 Å². The van der Waals surface area contributed by atoms with Gasteiger partial charge in [0.15, 0.2) is 4.34 Å². The second-order valence-corrected chi connectivity index (χ2v) is 9.91. The van der Waals surface area contributed by atoms with E-state index in [1.54, 1.807) is 0 Å². The van der Waals surface area contributed by atoms with Crippen molar-refractivity contribution in [1.82, 2.24) is 10.2 Å². The number of aromatic nitrogens is 2. The van der Waals surface area contributed by atoms with Gasteiger partial charge in [0.1, 0.15) is 0 Å². The molecule has 0 aliphatic rings. The van der Waals surface area contributed by atoms with E-state index in [-0.39, 0.29) is 16.6 Å². The summed E-state index contributed by atoms with van der Waals surface area (Å²) in [6.45, 7) is 4.08. The zero-order valence-corrected chi connectivity index (χ0v) is 18.1. The molecule has 0 saturated carbocycles. The average Bonchev–Trinajstić information content (AvgIpc) is 3.11. The number of nitrogens with one attached hydrogen (secondary N) is 2. The van der Waals surface area contributed by atoms with Gasteiger partial charge in [-0.25, -0.2) is 13.6 Å². The third kappa shape index (κ3) is 5.76. The molecule has 3 rings (SSSR count). The van der Waals surface area contributed by atoms with Crippen LogP contribution < -0.4 is 15.8 Å². The van der Waals surface area contributed by atoms with Gasteiger partial charge in [-0.15, -0.1) is 10.2 Å². The summed E-state index contributed by atoms with van der Waals surface area (Å²) in [7, 11) is -3.76. The van der Waals surface area contributed by atoms with Gasteiger partial charge in [-0.3, -0.25) is 4.79 Å². The Morgan fingerprint density at radius 3 is 2.55 bits per heavy atom. The zero-order valence-electron chi connectivity index (χ0n) is 15.7. The number of sulfonamides is 1. The second-order valence-electron chi connectivity index (χ2n) is 6.15. The van der Waals surface area contributed by atoms with Gasteiger partial charge in [0.25, 0.3) is 0 Å². The third-order valence-electron chi connectivity index (χ3n) is 4.05. The van der Waals surface area contributed by atoms with Crippen molar-refractivity contribution in [2.24, 2.45) is 5.14 Å². The van der Waals surface area contributed by atoms with E-state index in [4.69, 9.17) is 5.14 Å². The molecule has 0 aliphatic heterocycles. The Kier molecular flexibility index (Phi) is 6.52. The van der Waals surface area contributed by atoms with Crippen LogP contribution in [0.5, 0.6) is 0 Å². The van der Waals surface area contributed by atoms with E-state index in [0.29, 0.717) is 15.2 Å². The van der Waals surface area contributed by atoms with Gasteiger partial charge in [-0.1, -0.05) is 35.2 Å². The first kappa shape index (κ1) is 21.2. The molecular weight excluding hydrogens is 430 g/mol. The molecule has 0 fully saturated rings. The van der Waals surface area contributed by atoms with Crippen LogP contribution in [0.15, 0.2) is 51.7 Å². The molecule has 0 unspecified atom stereocenters. The number of hydrogen-bond donors (Lipinski definition) is 3. The molecule has 29 heavy (non-hydrogen) atoms.